The Labute approximate surface area is 120 Å². The monoisotopic (exact) mass is 298 g/mol. The van der Waals surface area contributed by atoms with Gasteiger partial charge in [0.05, 0.1) is 18.7 Å². The molecule has 6 heteroatoms. The lowest BCUT2D eigenvalue weighted by atomic mass is 10.2. The Hall–Kier alpha value is -1.88. The van der Waals surface area contributed by atoms with E-state index in [4.69, 9.17) is 16.3 Å². The molecule has 1 N–H and O–H groups in total. The molecule has 0 aliphatic carbocycles. The molecule has 3 nitrogen and oxygen atoms in total. The number of ether oxygens (including phenoxy) is 1. The van der Waals surface area contributed by atoms with Gasteiger partial charge in [-0.05, 0) is 25.1 Å². The molecule has 0 aliphatic rings. The molecule has 2 aromatic rings. The van der Waals surface area contributed by atoms with Crippen molar-refractivity contribution < 1.29 is 13.5 Å². The third-order valence-electron chi connectivity index (χ3n) is 2.57. The number of halogens is 3. The lowest BCUT2D eigenvalue weighted by molar-refractivity contribution is 0.337. The average Bonchev–Trinajstić information content (AvgIpc) is 2.43. The number of pyridine rings is 1. The van der Waals surface area contributed by atoms with E-state index in [0.717, 1.165) is 17.8 Å². The highest BCUT2D eigenvalue weighted by atomic mass is 35.5. The van der Waals surface area contributed by atoms with Crippen molar-refractivity contribution >= 4 is 23.1 Å². The minimum atomic E-state index is -0.758. The normalized spacial score (nSPS) is 10.4. The Bertz CT molecular complexity index is 608. The Morgan fingerprint density at radius 2 is 2.10 bits per heavy atom. The van der Waals surface area contributed by atoms with Gasteiger partial charge in [-0.15, -0.1) is 11.6 Å². The van der Waals surface area contributed by atoms with Gasteiger partial charge in [-0.25, -0.2) is 13.8 Å². The molecule has 0 spiro atoms. The van der Waals surface area contributed by atoms with Crippen molar-refractivity contribution in [2.75, 3.05) is 11.9 Å². The van der Waals surface area contributed by atoms with Gasteiger partial charge in [-0.3, -0.25) is 0 Å². The molecule has 1 aromatic heterocycles. The third kappa shape index (κ3) is 3.36. The molecule has 0 amide bonds. The van der Waals surface area contributed by atoms with Crippen molar-refractivity contribution in [3.05, 3.63) is 47.7 Å². The van der Waals surface area contributed by atoms with Crippen LogP contribution in [0.1, 0.15) is 12.5 Å². The van der Waals surface area contributed by atoms with Crippen LogP contribution in [0.3, 0.4) is 0 Å². The van der Waals surface area contributed by atoms with Gasteiger partial charge in [0.2, 0.25) is 0 Å². The largest absolute Gasteiger partial charge is 0.494 e. The van der Waals surface area contributed by atoms with E-state index in [1.165, 1.54) is 0 Å². The Morgan fingerprint density at radius 3 is 2.75 bits per heavy atom. The number of alkyl halides is 1. The smallest absolute Gasteiger partial charge is 0.168 e. The van der Waals surface area contributed by atoms with Gasteiger partial charge in [0.15, 0.2) is 11.6 Å². The van der Waals surface area contributed by atoms with Gasteiger partial charge in [0.1, 0.15) is 11.6 Å². The molecule has 0 aliphatic heterocycles. The SMILES string of the molecule is CCOc1ccc(Nc2ncc(F)cc2F)cc1CCl. The molecule has 0 atom stereocenters. The average molecular weight is 299 g/mol. The van der Waals surface area contributed by atoms with Gasteiger partial charge in [-0.2, -0.15) is 0 Å². The molecule has 1 heterocycles. The van der Waals surface area contributed by atoms with Crippen LogP contribution in [0, 0.1) is 11.6 Å². The van der Waals surface area contributed by atoms with Crippen molar-refractivity contribution in [1.29, 1.82) is 0 Å². The van der Waals surface area contributed by atoms with Crippen molar-refractivity contribution in [3.8, 4) is 5.75 Å². The second kappa shape index (κ2) is 6.52. The lowest BCUT2D eigenvalue weighted by Crippen LogP contribution is -2.00. The number of nitrogens with zero attached hydrogens (tertiary/aromatic N) is 1. The highest BCUT2D eigenvalue weighted by Gasteiger charge is 2.08. The molecule has 1 aromatic carbocycles. The molecule has 2 rings (SSSR count). The van der Waals surface area contributed by atoms with Crippen LogP contribution in [0.4, 0.5) is 20.3 Å². The summed E-state index contributed by atoms with van der Waals surface area (Å²) in [6, 6.07) is 5.96. The quantitative estimate of drug-likeness (QED) is 0.838. The van der Waals surface area contributed by atoms with E-state index < -0.39 is 11.6 Å². The summed E-state index contributed by atoms with van der Waals surface area (Å²) in [5.74, 6) is -0.575. The number of nitrogens with one attached hydrogen (secondary N) is 1. The number of benzene rings is 1. The number of anilines is 2. The summed E-state index contributed by atoms with van der Waals surface area (Å²) in [6.07, 6.45) is 0.947. The molecule has 0 saturated heterocycles. The van der Waals surface area contributed by atoms with E-state index >= 15 is 0 Å². The zero-order valence-electron chi connectivity index (χ0n) is 10.8. The molecular weight excluding hydrogens is 286 g/mol. The van der Waals surface area contributed by atoms with E-state index in [0.29, 0.717) is 18.0 Å². The standard InChI is InChI=1S/C14H13ClF2N2O/c1-2-20-13-4-3-11(5-9(13)7-15)19-14-12(17)6-10(16)8-18-14/h3-6,8H,2,7H2,1H3,(H,18,19). The van der Waals surface area contributed by atoms with Crippen molar-refractivity contribution in [2.45, 2.75) is 12.8 Å². The lowest BCUT2D eigenvalue weighted by Gasteiger charge is -2.11. The minimum Gasteiger partial charge on any atom is -0.494 e. The number of aromatic nitrogens is 1. The first-order valence-corrected chi connectivity index (χ1v) is 6.57. The summed E-state index contributed by atoms with van der Waals surface area (Å²) in [6.45, 7) is 2.41. The van der Waals surface area contributed by atoms with Crippen LogP contribution in [0.15, 0.2) is 30.5 Å². The first kappa shape index (κ1) is 14.5. The van der Waals surface area contributed by atoms with Crippen LogP contribution < -0.4 is 10.1 Å². The van der Waals surface area contributed by atoms with E-state index in [2.05, 4.69) is 10.3 Å². The summed E-state index contributed by atoms with van der Waals surface area (Å²) < 4.78 is 31.7. The van der Waals surface area contributed by atoms with Crippen LogP contribution >= 0.6 is 11.6 Å². The third-order valence-corrected chi connectivity index (χ3v) is 2.86. The van der Waals surface area contributed by atoms with Gasteiger partial charge < -0.3 is 10.1 Å². The first-order chi connectivity index (χ1) is 9.63. The summed E-state index contributed by atoms with van der Waals surface area (Å²) in [5.41, 5.74) is 1.38. The van der Waals surface area contributed by atoms with Crippen LogP contribution in [0.5, 0.6) is 5.75 Å². The maximum Gasteiger partial charge on any atom is 0.168 e. The number of hydrogen-bond acceptors (Lipinski definition) is 3. The first-order valence-electron chi connectivity index (χ1n) is 6.03. The van der Waals surface area contributed by atoms with Gasteiger partial charge >= 0.3 is 0 Å². The van der Waals surface area contributed by atoms with E-state index in [9.17, 15) is 8.78 Å². The highest BCUT2D eigenvalue weighted by Crippen LogP contribution is 2.26. The van der Waals surface area contributed by atoms with Crippen LogP contribution in [-0.2, 0) is 5.88 Å². The molecule has 20 heavy (non-hydrogen) atoms. The predicted molar refractivity (Wildman–Crippen MR) is 74.6 cm³/mol. The Morgan fingerprint density at radius 1 is 1.30 bits per heavy atom. The van der Waals surface area contributed by atoms with Crippen LogP contribution in [0.25, 0.3) is 0 Å². The van der Waals surface area contributed by atoms with Crippen LogP contribution in [0.2, 0.25) is 0 Å². The predicted octanol–water partition coefficient (Wildman–Crippen LogP) is 4.24. The highest BCUT2D eigenvalue weighted by molar-refractivity contribution is 6.17. The van der Waals surface area contributed by atoms with E-state index in [-0.39, 0.29) is 11.7 Å². The van der Waals surface area contributed by atoms with Gasteiger partial charge in [-0.1, -0.05) is 0 Å². The fourth-order valence-electron chi connectivity index (χ4n) is 1.70. The molecule has 0 fully saturated rings. The second-order valence-corrected chi connectivity index (χ2v) is 4.27. The Balaban J connectivity index is 2.25. The van der Waals surface area contributed by atoms with Crippen molar-refractivity contribution in [3.63, 3.8) is 0 Å². The zero-order chi connectivity index (χ0) is 14.5. The summed E-state index contributed by atoms with van der Waals surface area (Å²) in [5, 5.41) is 2.78. The molecule has 106 valence electrons. The molecular formula is C14H13ClF2N2O. The van der Waals surface area contributed by atoms with Crippen LogP contribution in [-0.4, -0.2) is 11.6 Å². The van der Waals surface area contributed by atoms with E-state index in [1.807, 2.05) is 6.92 Å². The fraction of sp³-hybridized carbons (Fsp3) is 0.214. The summed E-state index contributed by atoms with van der Waals surface area (Å²) in [7, 11) is 0. The van der Waals surface area contributed by atoms with E-state index in [1.54, 1.807) is 18.2 Å². The summed E-state index contributed by atoms with van der Waals surface area (Å²) in [4.78, 5) is 3.66. The molecule has 0 bridgehead atoms. The zero-order valence-corrected chi connectivity index (χ0v) is 11.5. The minimum absolute atomic E-state index is 0.0453. The number of hydrogen-bond donors (Lipinski definition) is 1. The fourth-order valence-corrected chi connectivity index (χ4v) is 1.91. The maximum absolute atomic E-state index is 13.5. The molecule has 0 unspecified atom stereocenters. The second-order valence-electron chi connectivity index (χ2n) is 4.00. The van der Waals surface area contributed by atoms with Gasteiger partial charge in [0.25, 0.3) is 0 Å². The maximum atomic E-state index is 13.5. The topological polar surface area (TPSA) is 34.1 Å². The van der Waals surface area contributed by atoms with Gasteiger partial charge in [0, 0.05) is 17.3 Å². The molecule has 0 radical (unpaired) electrons. The summed E-state index contributed by atoms with van der Waals surface area (Å²) >= 11 is 5.85. The Kier molecular flexibility index (Phi) is 4.74. The molecule has 0 saturated carbocycles. The van der Waals surface area contributed by atoms with Crippen molar-refractivity contribution in [1.82, 2.24) is 4.98 Å². The van der Waals surface area contributed by atoms with Crippen molar-refractivity contribution in [2.24, 2.45) is 0 Å². The number of rotatable bonds is 5.